The van der Waals surface area contributed by atoms with Gasteiger partial charge in [-0.05, 0) is 48.9 Å². The van der Waals surface area contributed by atoms with Gasteiger partial charge in [-0.2, -0.15) is 5.10 Å². The quantitative estimate of drug-likeness (QED) is 0.509. The number of hydrogen-bond acceptors (Lipinski definition) is 5. The predicted octanol–water partition coefficient (Wildman–Crippen LogP) is 2.26. The number of hydrazone groups is 1. The molecule has 1 aliphatic rings. The number of nitrogens with one attached hydrogen (secondary N) is 1. The molecule has 0 spiro atoms. The Balaban J connectivity index is 1.63. The van der Waals surface area contributed by atoms with E-state index in [0.29, 0.717) is 11.3 Å². The number of morpholine rings is 1. The van der Waals surface area contributed by atoms with Gasteiger partial charge in [-0.15, -0.1) is 0 Å². The van der Waals surface area contributed by atoms with Crippen LogP contribution in [-0.2, 0) is 4.74 Å². The Kier molecular flexibility index (Phi) is 5.30. The molecule has 1 amide bonds. The first-order chi connectivity index (χ1) is 12.1. The maximum atomic E-state index is 12.1. The number of anilines is 2. The van der Waals surface area contributed by atoms with Crippen molar-refractivity contribution >= 4 is 23.0 Å². The van der Waals surface area contributed by atoms with E-state index in [-0.39, 0.29) is 5.91 Å². The molecule has 2 aromatic rings. The van der Waals surface area contributed by atoms with Crippen LogP contribution < -0.4 is 16.1 Å². The van der Waals surface area contributed by atoms with Crippen LogP contribution in [0.25, 0.3) is 0 Å². The van der Waals surface area contributed by atoms with Crippen LogP contribution >= 0.6 is 0 Å². The Morgan fingerprint density at radius 2 is 1.64 bits per heavy atom. The molecule has 1 heterocycles. The van der Waals surface area contributed by atoms with E-state index in [1.54, 1.807) is 24.3 Å². The highest BCUT2D eigenvalue weighted by Crippen LogP contribution is 2.17. The number of ether oxygens (including phenoxy) is 1. The SMILES string of the molecule is C/C(=N\NC(=O)c1ccc(N)cc1)c1ccc(N2CCOCC2)cc1. The van der Waals surface area contributed by atoms with Crippen molar-refractivity contribution in [2.24, 2.45) is 5.10 Å². The Hall–Kier alpha value is -2.86. The molecule has 3 N–H and O–H groups in total. The highest BCUT2D eigenvalue weighted by molar-refractivity contribution is 6.01. The van der Waals surface area contributed by atoms with Crippen molar-refractivity contribution in [3.05, 3.63) is 59.7 Å². The molecule has 25 heavy (non-hydrogen) atoms. The molecule has 1 saturated heterocycles. The van der Waals surface area contributed by atoms with E-state index in [0.717, 1.165) is 37.6 Å². The van der Waals surface area contributed by atoms with Gasteiger partial charge in [0.25, 0.3) is 5.91 Å². The van der Waals surface area contributed by atoms with Gasteiger partial charge in [0.2, 0.25) is 0 Å². The topological polar surface area (TPSA) is 80.0 Å². The van der Waals surface area contributed by atoms with Gasteiger partial charge in [-0.25, -0.2) is 5.43 Å². The predicted molar refractivity (Wildman–Crippen MR) is 100 cm³/mol. The first kappa shape index (κ1) is 17.0. The molecule has 0 atom stereocenters. The minimum absolute atomic E-state index is 0.260. The van der Waals surface area contributed by atoms with Gasteiger partial charge in [0, 0.05) is 30.0 Å². The van der Waals surface area contributed by atoms with E-state index in [1.807, 2.05) is 19.1 Å². The molecule has 6 heteroatoms. The van der Waals surface area contributed by atoms with Crippen LogP contribution in [0.3, 0.4) is 0 Å². The van der Waals surface area contributed by atoms with Gasteiger partial charge in [0.1, 0.15) is 0 Å². The summed E-state index contributed by atoms with van der Waals surface area (Å²) in [5, 5.41) is 4.19. The van der Waals surface area contributed by atoms with E-state index in [9.17, 15) is 4.79 Å². The molecule has 0 saturated carbocycles. The fraction of sp³-hybridized carbons (Fsp3) is 0.263. The monoisotopic (exact) mass is 338 g/mol. The molecule has 0 radical (unpaired) electrons. The van der Waals surface area contributed by atoms with Crippen LogP contribution in [0.1, 0.15) is 22.8 Å². The number of nitrogen functional groups attached to an aromatic ring is 1. The van der Waals surface area contributed by atoms with Crippen LogP contribution in [0.2, 0.25) is 0 Å². The zero-order valence-electron chi connectivity index (χ0n) is 14.2. The highest BCUT2D eigenvalue weighted by Gasteiger charge is 2.11. The molecule has 0 unspecified atom stereocenters. The molecule has 130 valence electrons. The molecule has 0 aliphatic carbocycles. The number of nitrogens with zero attached hydrogens (tertiary/aromatic N) is 2. The Labute approximate surface area is 147 Å². The second-order valence-corrected chi connectivity index (χ2v) is 5.91. The lowest BCUT2D eigenvalue weighted by Crippen LogP contribution is -2.36. The number of hydrogen-bond donors (Lipinski definition) is 2. The van der Waals surface area contributed by atoms with Crippen molar-refractivity contribution in [2.45, 2.75) is 6.92 Å². The van der Waals surface area contributed by atoms with Crippen molar-refractivity contribution in [2.75, 3.05) is 36.9 Å². The fourth-order valence-electron chi connectivity index (χ4n) is 2.63. The molecule has 1 fully saturated rings. The summed E-state index contributed by atoms with van der Waals surface area (Å²) >= 11 is 0. The fourth-order valence-corrected chi connectivity index (χ4v) is 2.63. The van der Waals surface area contributed by atoms with Crippen LogP contribution in [-0.4, -0.2) is 37.9 Å². The minimum Gasteiger partial charge on any atom is -0.399 e. The van der Waals surface area contributed by atoms with Crippen LogP contribution in [0, 0.1) is 0 Å². The molecule has 0 aromatic heterocycles. The van der Waals surface area contributed by atoms with Gasteiger partial charge in [-0.1, -0.05) is 12.1 Å². The molecular formula is C19H22N4O2. The van der Waals surface area contributed by atoms with Gasteiger partial charge >= 0.3 is 0 Å². The van der Waals surface area contributed by atoms with Gasteiger partial charge in [0.05, 0.1) is 18.9 Å². The Morgan fingerprint density at radius 1 is 1.04 bits per heavy atom. The van der Waals surface area contributed by atoms with E-state index in [1.165, 1.54) is 5.69 Å². The highest BCUT2D eigenvalue weighted by atomic mass is 16.5. The second-order valence-electron chi connectivity index (χ2n) is 5.91. The van der Waals surface area contributed by atoms with E-state index < -0.39 is 0 Å². The number of carbonyl (C=O) groups is 1. The molecule has 3 rings (SSSR count). The summed E-state index contributed by atoms with van der Waals surface area (Å²) in [6, 6.07) is 14.9. The number of amides is 1. The molecule has 1 aliphatic heterocycles. The summed E-state index contributed by atoms with van der Waals surface area (Å²) in [4.78, 5) is 14.4. The maximum absolute atomic E-state index is 12.1. The second kappa shape index (κ2) is 7.81. The first-order valence-corrected chi connectivity index (χ1v) is 8.27. The zero-order chi connectivity index (χ0) is 17.6. The lowest BCUT2D eigenvalue weighted by molar-refractivity contribution is 0.0955. The first-order valence-electron chi connectivity index (χ1n) is 8.27. The normalized spacial score (nSPS) is 15.1. The Morgan fingerprint density at radius 3 is 2.28 bits per heavy atom. The average molecular weight is 338 g/mol. The van der Waals surface area contributed by atoms with Crippen molar-refractivity contribution in [3.8, 4) is 0 Å². The summed E-state index contributed by atoms with van der Waals surface area (Å²) < 4.78 is 5.37. The van der Waals surface area contributed by atoms with E-state index in [4.69, 9.17) is 10.5 Å². The maximum Gasteiger partial charge on any atom is 0.271 e. The third-order valence-corrected chi connectivity index (χ3v) is 4.16. The smallest absolute Gasteiger partial charge is 0.271 e. The van der Waals surface area contributed by atoms with Gasteiger partial charge < -0.3 is 15.4 Å². The number of rotatable bonds is 4. The van der Waals surface area contributed by atoms with Crippen LogP contribution in [0.4, 0.5) is 11.4 Å². The molecule has 2 aromatic carbocycles. The van der Waals surface area contributed by atoms with Crippen LogP contribution in [0.5, 0.6) is 0 Å². The Bertz CT molecular complexity index is 748. The summed E-state index contributed by atoms with van der Waals surface area (Å²) in [5.74, 6) is -0.260. The van der Waals surface area contributed by atoms with Crippen molar-refractivity contribution in [1.82, 2.24) is 5.43 Å². The standard InChI is InChI=1S/C19H22N4O2/c1-14(21-22-19(24)16-2-6-17(20)7-3-16)15-4-8-18(9-5-15)23-10-12-25-13-11-23/h2-9H,10-13,20H2,1H3,(H,22,24)/b21-14+. The van der Waals surface area contributed by atoms with Gasteiger partial charge in [-0.3, -0.25) is 4.79 Å². The molecule has 6 nitrogen and oxygen atoms in total. The van der Waals surface area contributed by atoms with E-state index in [2.05, 4.69) is 27.6 Å². The lowest BCUT2D eigenvalue weighted by atomic mass is 10.1. The van der Waals surface area contributed by atoms with Gasteiger partial charge in [0.15, 0.2) is 0 Å². The average Bonchev–Trinajstić information content (AvgIpc) is 2.67. The van der Waals surface area contributed by atoms with Crippen molar-refractivity contribution in [3.63, 3.8) is 0 Å². The summed E-state index contributed by atoms with van der Waals surface area (Å²) in [5.41, 5.74) is 12.2. The van der Waals surface area contributed by atoms with Crippen molar-refractivity contribution in [1.29, 1.82) is 0 Å². The van der Waals surface area contributed by atoms with E-state index >= 15 is 0 Å². The van der Waals surface area contributed by atoms with Crippen molar-refractivity contribution < 1.29 is 9.53 Å². The third kappa shape index (κ3) is 4.36. The third-order valence-electron chi connectivity index (χ3n) is 4.16. The number of nitrogens with two attached hydrogens (primary N) is 1. The summed E-state index contributed by atoms with van der Waals surface area (Å²) in [7, 11) is 0. The van der Waals surface area contributed by atoms with Crippen LogP contribution in [0.15, 0.2) is 53.6 Å². The largest absolute Gasteiger partial charge is 0.399 e. The number of benzene rings is 2. The molecular weight excluding hydrogens is 316 g/mol. The number of carbonyl (C=O) groups excluding carboxylic acids is 1. The summed E-state index contributed by atoms with van der Waals surface area (Å²) in [6.07, 6.45) is 0. The lowest BCUT2D eigenvalue weighted by Gasteiger charge is -2.28. The zero-order valence-corrected chi connectivity index (χ0v) is 14.2. The summed E-state index contributed by atoms with van der Waals surface area (Å²) in [6.45, 7) is 5.21. The minimum atomic E-state index is -0.260. The molecule has 0 bridgehead atoms.